The monoisotopic (exact) mass is 478 g/mol. The zero-order valence-corrected chi connectivity index (χ0v) is 20.8. The number of allylic oxidation sites excluding steroid dienone is 7. The maximum Gasteiger partial charge on any atom is 0.259 e. The Morgan fingerprint density at radius 1 is 1.06 bits per heavy atom. The molecule has 2 heterocycles. The average Bonchev–Trinajstić information content (AvgIpc) is 3.43. The van der Waals surface area contributed by atoms with Crippen molar-refractivity contribution in [2.45, 2.75) is 58.4 Å². The number of aliphatic hydroxyl groups excluding tert-OH is 1. The second-order valence-corrected chi connectivity index (χ2v) is 10.5. The third-order valence-corrected chi connectivity index (χ3v) is 8.51. The van der Waals surface area contributed by atoms with Crippen molar-refractivity contribution in [2.24, 2.45) is 35.5 Å². The van der Waals surface area contributed by atoms with Crippen molar-refractivity contribution in [1.82, 2.24) is 10.6 Å². The van der Waals surface area contributed by atoms with Crippen molar-refractivity contribution in [3.63, 3.8) is 0 Å². The molecule has 6 heteroatoms. The highest BCUT2D eigenvalue weighted by Gasteiger charge is 2.49. The number of hydrogen-bond donors (Lipinski definition) is 3. The van der Waals surface area contributed by atoms with E-state index in [9.17, 15) is 19.5 Å². The first-order valence-corrected chi connectivity index (χ1v) is 13.1. The fourth-order valence-corrected chi connectivity index (χ4v) is 6.77. The highest BCUT2D eigenvalue weighted by atomic mass is 16.3. The van der Waals surface area contributed by atoms with Crippen LogP contribution in [-0.2, 0) is 14.4 Å². The van der Waals surface area contributed by atoms with Gasteiger partial charge in [-0.25, -0.2) is 0 Å². The lowest BCUT2D eigenvalue weighted by atomic mass is 9.79. The molecule has 7 atom stereocenters. The van der Waals surface area contributed by atoms with Gasteiger partial charge in [0.1, 0.15) is 11.3 Å². The topological polar surface area (TPSA) is 95.5 Å². The number of fused-ring (bicyclic) bond motifs is 4. The van der Waals surface area contributed by atoms with Crippen molar-refractivity contribution >= 4 is 17.6 Å². The third-order valence-electron chi connectivity index (χ3n) is 8.51. The Morgan fingerprint density at radius 2 is 1.86 bits per heavy atom. The summed E-state index contributed by atoms with van der Waals surface area (Å²) in [5, 5.41) is 16.0. The summed E-state index contributed by atoms with van der Waals surface area (Å²) >= 11 is 0. The fraction of sp³-hybridized carbons (Fsp3) is 0.552. The number of hydrogen-bond acceptors (Lipinski definition) is 4. The van der Waals surface area contributed by atoms with Gasteiger partial charge in [-0.1, -0.05) is 62.8 Å². The van der Waals surface area contributed by atoms with Crippen LogP contribution in [-0.4, -0.2) is 35.3 Å². The highest BCUT2D eigenvalue weighted by Crippen LogP contribution is 2.57. The smallest absolute Gasteiger partial charge is 0.259 e. The van der Waals surface area contributed by atoms with Crippen LogP contribution in [0.1, 0.15) is 52.4 Å². The molecule has 0 aromatic heterocycles. The van der Waals surface area contributed by atoms with Gasteiger partial charge in [0.05, 0.1) is 6.04 Å². The van der Waals surface area contributed by atoms with Gasteiger partial charge in [0, 0.05) is 19.0 Å². The van der Waals surface area contributed by atoms with Crippen LogP contribution in [0, 0.1) is 35.5 Å². The van der Waals surface area contributed by atoms with Gasteiger partial charge < -0.3 is 15.7 Å². The summed E-state index contributed by atoms with van der Waals surface area (Å²) in [6.07, 6.45) is 20.3. The fourth-order valence-electron chi connectivity index (χ4n) is 6.77. The van der Waals surface area contributed by atoms with E-state index in [4.69, 9.17) is 0 Å². The van der Waals surface area contributed by atoms with E-state index in [1.54, 1.807) is 12.2 Å². The molecule has 2 fully saturated rings. The Labute approximate surface area is 208 Å². The van der Waals surface area contributed by atoms with Crippen LogP contribution in [0.2, 0.25) is 0 Å². The largest absolute Gasteiger partial charge is 0.509 e. The van der Waals surface area contributed by atoms with Gasteiger partial charge in [-0.2, -0.15) is 0 Å². The number of carbonyl (C=O) groups is 3. The maximum absolute atomic E-state index is 12.6. The third kappa shape index (κ3) is 5.52. The zero-order valence-electron chi connectivity index (χ0n) is 20.8. The second-order valence-electron chi connectivity index (χ2n) is 10.5. The van der Waals surface area contributed by atoms with E-state index < -0.39 is 11.9 Å². The summed E-state index contributed by atoms with van der Waals surface area (Å²) in [7, 11) is 0. The van der Waals surface area contributed by atoms with Gasteiger partial charge in [-0.05, 0) is 61.2 Å². The number of nitrogens with one attached hydrogen (secondary N) is 2. The lowest BCUT2D eigenvalue weighted by Gasteiger charge is -2.26. The summed E-state index contributed by atoms with van der Waals surface area (Å²) in [5.74, 6) is 2.43. The first-order chi connectivity index (χ1) is 16.9. The van der Waals surface area contributed by atoms with E-state index in [-0.39, 0.29) is 29.4 Å². The van der Waals surface area contributed by atoms with Crippen LogP contribution < -0.4 is 10.6 Å². The molecule has 0 radical (unpaired) electrons. The number of aliphatic hydroxyl groups is 1. The molecule has 2 aliphatic carbocycles. The van der Waals surface area contributed by atoms with Crippen LogP contribution in [0.4, 0.5) is 0 Å². The molecule has 0 spiro atoms. The molecule has 3 N–H and O–H groups in total. The molecule has 2 bridgehead atoms. The molecule has 4 rings (SSSR count). The van der Waals surface area contributed by atoms with E-state index in [0.717, 1.165) is 11.8 Å². The minimum Gasteiger partial charge on any atom is -0.509 e. The van der Waals surface area contributed by atoms with Crippen LogP contribution in [0.5, 0.6) is 0 Å². The SMILES string of the molecule is CC[C@@H]1C[C@H]2C[C@@H]3C=CC=CC(=O)NCCC[C@@H]4NC(=O)C(=C4O)C(=O)CC=CC=C[C@@H]3[C@H]2[C@@H]1C. The molecular formula is C29H38N2O4. The van der Waals surface area contributed by atoms with Gasteiger partial charge in [0.15, 0.2) is 5.78 Å². The first kappa shape index (κ1) is 25.2. The Morgan fingerprint density at radius 3 is 2.66 bits per heavy atom. The Balaban J connectivity index is 1.55. The minimum atomic E-state index is -0.584. The van der Waals surface area contributed by atoms with E-state index in [0.29, 0.717) is 43.1 Å². The molecule has 2 aliphatic heterocycles. The van der Waals surface area contributed by atoms with Gasteiger partial charge >= 0.3 is 0 Å². The number of rotatable bonds is 1. The summed E-state index contributed by atoms with van der Waals surface area (Å²) in [4.78, 5) is 37.1. The van der Waals surface area contributed by atoms with Crippen LogP contribution >= 0.6 is 0 Å². The summed E-state index contributed by atoms with van der Waals surface area (Å²) < 4.78 is 0. The van der Waals surface area contributed by atoms with E-state index >= 15 is 0 Å². The lowest BCUT2D eigenvalue weighted by molar-refractivity contribution is -0.122. The van der Waals surface area contributed by atoms with Crippen molar-refractivity contribution in [2.75, 3.05) is 6.54 Å². The van der Waals surface area contributed by atoms with Crippen molar-refractivity contribution in [3.05, 3.63) is 59.9 Å². The molecule has 2 amide bonds. The molecule has 4 aliphatic rings. The molecular weight excluding hydrogens is 440 g/mol. The highest BCUT2D eigenvalue weighted by molar-refractivity contribution is 6.21. The van der Waals surface area contributed by atoms with Crippen LogP contribution in [0.25, 0.3) is 0 Å². The number of Topliss-reactive ketones (excluding diaryl/α,β-unsaturated/α-hetero) is 1. The molecule has 6 nitrogen and oxygen atoms in total. The van der Waals surface area contributed by atoms with Crippen molar-refractivity contribution in [1.29, 1.82) is 0 Å². The van der Waals surface area contributed by atoms with E-state index in [2.05, 4.69) is 36.6 Å². The predicted octanol–water partition coefficient (Wildman–Crippen LogP) is 4.33. The molecule has 0 aromatic carbocycles. The Hall–Kier alpha value is -2.89. The van der Waals surface area contributed by atoms with Crippen LogP contribution in [0.3, 0.4) is 0 Å². The number of amides is 2. The van der Waals surface area contributed by atoms with E-state index in [1.807, 2.05) is 24.3 Å². The van der Waals surface area contributed by atoms with Crippen molar-refractivity contribution < 1.29 is 19.5 Å². The number of ketones is 1. The molecule has 2 saturated carbocycles. The first-order valence-electron chi connectivity index (χ1n) is 13.1. The van der Waals surface area contributed by atoms with E-state index in [1.165, 1.54) is 19.3 Å². The average molecular weight is 479 g/mol. The maximum atomic E-state index is 12.6. The molecule has 0 saturated heterocycles. The minimum absolute atomic E-state index is 0.0685. The van der Waals surface area contributed by atoms with Crippen molar-refractivity contribution in [3.8, 4) is 0 Å². The zero-order chi connectivity index (χ0) is 24.9. The quantitative estimate of drug-likeness (QED) is 0.489. The molecule has 188 valence electrons. The standard InChI is InChI=1S/C29H38N2O4/c1-3-19-16-21-17-20-10-7-8-14-25(33)30-15-9-12-23-28(34)27(29(35)31-23)24(32)13-6-4-5-11-22(20)26(21)18(19)2/h4-8,10-11,14,18-23,26,34H,3,9,12-13,15-17H2,1-2H3,(H,30,33)(H,31,35)/t18-,19-,20+,21+,22+,23+,26+/m1/s1. The second kappa shape index (κ2) is 11.2. The Bertz CT molecular complexity index is 989. The lowest BCUT2D eigenvalue weighted by Crippen LogP contribution is -2.31. The summed E-state index contributed by atoms with van der Waals surface area (Å²) in [6, 6.07) is -0.584. The summed E-state index contributed by atoms with van der Waals surface area (Å²) in [5.41, 5.74) is -0.140. The van der Waals surface area contributed by atoms with Gasteiger partial charge in [-0.15, -0.1) is 0 Å². The van der Waals surface area contributed by atoms with Gasteiger partial charge in [0.25, 0.3) is 5.91 Å². The number of carbonyl (C=O) groups excluding carboxylic acids is 3. The van der Waals surface area contributed by atoms with Gasteiger partial charge in [0.2, 0.25) is 5.91 Å². The van der Waals surface area contributed by atoms with Crippen LogP contribution in [0.15, 0.2) is 59.9 Å². The Kier molecular flexibility index (Phi) is 8.09. The molecule has 35 heavy (non-hydrogen) atoms. The molecule has 0 aromatic rings. The normalized spacial score (nSPS) is 36.2. The molecule has 0 unspecified atom stereocenters. The van der Waals surface area contributed by atoms with Gasteiger partial charge in [-0.3, -0.25) is 14.4 Å². The predicted molar refractivity (Wildman–Crippen MR) is 136 cm³/mol. The summed E-state index contributed by atoms with van der Waals surface area (Å²) in [6.45, 7) is 5.11.